The van der Waals surface area contributed by atoms with E-state index in [1.807, 2.05) is 0 Å². The number of hydrogen-bond acceptors (Lipinski definition) is 7. The fourth-order valence-electron chi connectivity index (χ4n) is 2.85. The van der Waals surface area contributed by atoms with Gasteiger partial charge < -0.3 is 23.7 Å². The van der Waals surface area contributed by atoms with Crippen LogP contribution in [0.2, 0.25) is 0 Å². The van der Waals surface area contributed by atoms with Crippen molar-refractivity contribution < 1.29 is 33.3 Å². The summed E-state index contributed by atoms with van der Waals surface area (Å²) in [5, 5.41) is 0. The van der Waals surface area contributed by atoms with Crippen molar-refractivity contribution in [3.8, 4) is 23.0 Å². The number of allylic oxidation sites excluding steroid dienone is 1. The zero-order valence-corrected chi connectivity index (χ0v) is 16.7. The summed E-state index contributed by atoms with van der Waals surface area (Å²) in [5.41, 5.74) is 1.15. The van der Waals surface area contributed by atoms with Gasteiger partial charge in [0.05, 0.1) is 26.4 Å². The summed E-state index contributed by atoms with van der Waals surface area (Å²) in [6.07, 6.45) is 0.860. The number of carbonyl (C=O) groups excluding carboxylic acids is 2. The van der Waals surface area contributed by atoms with Crippen molar-refractivity contribution in [3.05, 3.63) is 53.3 Å². The minimum absolute atomic E-state index is 0.183. The van der Waals surface area contributed by atoms with E-state index in [9.17, 15) is 9.59 Å². The van der Waals surface area contributed by atoms with Gasteiger partial charge in [-0.1, -0.05) is 6.07 Å². The number of fused-ring (bicyclic) bond motifs is 1. The smallest absolute Gasteiger partial charge is 0.347 e. The first-order chi connectivity index (χ1) is 14.0. The van der Waals surface area contributed by atoms with E-state index in [-0.39, 0.29) is 18.1 Å². The Morgan fingerprint density at radius 3 is 2.55 bits per heavy atom. The normalized spacial score (nSPS) is 14.8. The van der Waals surface area contributed by atoms with Crippen LogP contribution >= 0.6 is 0 Å². The Balaban J connectivity index is 1.80. The molecule has 0 fully saturated rings. The quantitative estimate of drug-likeness (QED) is 0.520. The number of rotatable bonds is 7. The lowest BCUT2D eigenvalue weighted by Crippen LogP contribution is -2.26. The van der Waals surface area contributed by atoms with Gasteiger partial charge in [0.15, 0.2) is 23.4 Å². The van der Waals surface area contributed by atoms with Crippen molar-refractivity contribution in [1.82, 2.24) is 0 Å². The molecule has 1 heterocycles. The molecule has 0 bridgehead atoms. The van der Waals surface area contributed by atoms with Crippen LogP contribution in [0.1, 0.15) is 29.8 Å². The number of hydrogen-bond donors (Lipinski definition) is 0. The fraction of sp³-hybridized carbons (Fsp3) is 0.273. The molecule has 0 unspecified atom stereocenters. The molecule has 1 atom stereocenters. The third kappa shape index (κ3) is 4.34. The lowest BCUT2D eigenvalue weighted by molar-refractivity contribution is -0.150. The molecule has 1 aliphatic rings. The second kappa shape index (κ2) is 8.68. The van der Waals surface area contributed by atoms with E-state index >= 15 is 0 Å². The standard InChI is InChI=1S/C22H22O7/c1-5-27-22(24)13(2)28-15-7-8-16-18(12-15)29-20(21(16)23)11-14-6-9-17(25-3)19(10-14)26-4/h6-13H,5H2,1-4H3/b20-11-/t13-/m1/s1. The molecule has 0 aromatic heterocycles. The monoisotopic (exact) mass is 398 g/mol. The van der Waals surface area contributed by atoms with Crippen LogP contribution in [0.15, 0.2) is 42.2 Å². The molecule has 0 saturated heterocycles. The molecule has 152 valence electrons. The van der Waals surface area contributed by atoms with Crippen LogP contribution in [0.3, 0.4) is 0 Å². The molecule has 1 aliphatic heterocycles. The van der Waals surface area contributed by atoms with Gasteiger partial charge in [-0.25, -0.2) is 4.79 Å². The molecule has 0 aliphatic carbocycles. The van der Waals surface area contributed by atoms with Crippen molar-refractivity contribution in [2.45, 2.75) is 20.0 Å². The minimum Gasteiger partial charge on any atom is -0.493 e. The molecule has 0 spiro atoms. The van der Waals surface area contributed by atoms with Crippen molar-refractivity contribution in [1.29, 1.82) is 0 Å². The minimum atomic E-state index is -0.771. The van der Waals surface area contributed by atoms with Gasteiger partial charge in [-0.15, -0.1) is 0 Å². The molecule has 29 heavy (non-hydrogen) atoms. The predicted molar refractivity (Wildman–Crippen MR) is 106 cm³/mol. The molecule has 0 radical (unpaired) electrons. The number of ketones is 1. The summed E-state index contributed by atoms with van der Waals surface area (Å²) in [6, 6.07) is 10.1. The topological polar surface area (TPSA) is 80.3 Å². The number of methoxy groups -OCH3 is 2. The highest BCUT2D eigenvalue weighted by Crippen LogP contribution is 2.36. The highest BCUT2D eigenvalue weighted by Gasteiger charge is 2.28. The first-order valence-corrected chi connectivity index (χ1v) is 9.10. The van der Waals surface area contributed by atoms with Gasteiger partial charge in [-0.3, -0.25) is 4.79 Å². The van der Waals surface area contributed by atoms with E-state index in [1.165, 1.54) is 0 Å². The Kier molecular flexibility index (Phi) is 6.07. The van der Waals surface area contributed by atoms with Crippen LogP contribution in [0.5, 0.6) is 23.0 Å². The van der Waals surface area contributed by atoms with Gasteiger partial charge in [0, 0.05) is 6.07 Å². The third-order valence-corrected chi connectivity index (χ3v) is 4.28. The molecule has 7 heteroatoms. The van der Waals surface area contributed by atoms with Gasteiger partial charge >= 0.3 is 5.97 Å². The van der Waals surface area contributed by atoms with Gasteiger partial charge in [-0.05, 0) is 49.8 Å². The average Bonchev–Trinajstić information content (AvgIpc) is 3.02. The second-order valence-electron chi connectivity index (χ2n) is 6.22. The molecule has 2 aromatic rings. The average molecular weight is 398 g/mol. The van der Waals surface area contributed by atoms with Crippen molar-refractivity contribution in [2.24, 2.45) is 0 Å². The van der Waals surface area contributed by atoms with Crippen LogP contribution in [0, 0.1) is 0 Å². The molecule has 7 nitrogen and oxygen atoms in total. The van der Waals surface area contributed by atoms with E-state index < -0.39 is 12.1 Å². The predicted octanol–water partition coefficient (Wildman–Crippen LogP) is 3.65. The van der Waals surface area contributed by atoms with Gasteiger partial charge in [0.1, 0.15) is 11.5 Å². The number of Topliss-reactive ketones (excluding diaryl/α,β-unsaturated/α-hetero) is 1. The molecule has 2 aromatic carbocycles. The van der Waals surface area contributed by atoms with E-state index in [2.05, 4.69) is 0 Å². The van der Waals surface area contributed by atoms with Gasteiger partial charge in [0.2, 0.25) is 5.78 Å². The first kappa shape index (κ1) is 20.3. The maximum atomic E-state index is 12.6. The van der Waals surface area contributed by atoms with Crippen LogP contribution in [0.25, 0.3) is 6.08 Å². The summed E-state index contributed by atoms with van der Waals surface area (Å²) >= 11 is 0. The van der Waals surface area contributed by atoms with E-state index in [0.717, 1.165) is 5.56 Å². The molecule has 0 saturated carbocycles. The summed E-state index contributed by atoms with van der Waals surface area (Å²) in [5.74, 6) is 1.41. The van der Waals surface area contributed by atoms with Crippen LogP contribution in [-0.4, -0.2) is 38.7 Å². The highest BCUT2D eigenvalue weighted by atomic mass is 16.6. The van der Waals surface area contributed by atoms with Gasteiger partial charge in [-0.2, -0.15) is 0 Å². The summed E-state index contributed by atoms with van der Waals surface area (Å²) in [6.45, 7) is 3.60. The lowest BCUT2D eigenvalue weighted by atomic mass is 10.1. The van der Waals surface area contributed by atoms with Crippen molar-refractivity contribution in [3.63, 3.8) is 0 Å². The van der Waals surface area contributed by atoms with E-state index in [0.29, 0.717) is 28.6 Å². The molecule has 0 amide bonds. The van der Waals surface area contributed by atoms with E-state index in [1.54, 1.807) is 70.5 Å². The number of ether oxygens (including phenoxy) is 5. The maximum absolute atomic E-state index is 12.6. The Morgan fingerprint density at radius 1 is 1.10 bits per heavy atom. The molecule has 3 rings (SSSR count). The SMILES string of the molecule is CCOC(=O)[C@@H](C)Oc1ccc2c(c1)O/C(=C\c1ccc(OC)c(OC)c1)C2=O. The summed E-state index contributed by atoms with van der Waals surface area (Å²) in [7, 11) is 3.10. The third-order valence-electron chi connectivity index (χ3n) is 4.28. The Hall–Kier alpha value is -3.48. The van der Waals surface area contributed by atoms with Gasteiger partial charge in [0.25, 0.3) is 0 Å². The first-order valence-electron chi connectivity index (χ1n) is 9.10. The zero-order valence-electron chi connectivity index (χ0n) is 16.7. The molecular weight excluding hydrogens is 376 g/mol. The maximum Gasteiger partial charge on any atom is 0.347 e. The number of carbonyl (C=O) groups is 2. The van der Waals surface area contributed by atoms with E-state index in [4.69, 9.17) is 23.7 Å². The lowest BCUT2D eigenvalue weighted by Gasteiger charge is -2.13. The van der Waals surface area contributed by atoms with Crippen LogP contribution < -0.4 is 18.9 Å². The number of benzene rings is 2. The summed E-state index contributed by atoms with van der Waals surface area (Å²) < 4.78 is 26.7. The number of esters is 1. The second-order valence-corrected chi connectivity index (χ2v) is 6.22. The largest absolute Gasteiger partial charge is 0.493 e. The van der Waals surface area contributed by atoms with Crippen molar-refractivity contribution >= 4 is 17.8 Å². The zero-order chi connectivity index (χ0) is 21.0. The van der Waals surface area contributed by atoms with Crippen LogP contribution in [-0.2, 0) is 9.53 Å². The Bertz CT molecular complexity index is 962. The highest BCUT2D eigenvalue weighted by molar-refractivity contribution is 6.14. The molecular formula is C22H22O7. The van der Waals surface area contributed by atoms with Crippen molar-refractivity contribution in [2.75, 3.05) is 20.8 Å². The fourth-order valence-corrected chi connectivity index (χ4v) is 2.85. The van der Waals surface area contributed by atoms with Crippen LogP contribution in [0.4, 0.5) is 0 Å². The summed E-state index contributed by atoms with van der Waals surface area (Å²) in [4.78, 5) is 24.4. The molecule has 0 N–H and O–H groups in total. The Labute approximate surface area is 168 Å². The Morgan fingerprint density at radius 2 is 1.86 bits per heavy atom.